The molecule has 1 aromatic heterocycles. The van der Waals surface area contributed by atoms with Gasteiger partial charge >= 0.3 is 0 Å². The number of nitrogens with zero attached hydrogens (tertiary/aromatic N) is 3. The van der Waals surface area contributed by atoms with Crippen molar-refractivity contribution in [2.45, 2.75) is 19.2 Å². The van der Waals surface area contributed by atoms with Crippen molar-refractivity contribution in [2.24, 2.45) is 0 Å². The van der Waals surface area contributed by atoms with Crippen molar-refractivity contribution in [3.8, 4) is 0 Å². The number of methoxy groups -OCH3 is 1. The molecular formula is C15H17ClFN3O3. The number of aromatic nitrogens is 2. The van der Waals surface area contributed by atoms with Gasteiger partial charge in [-0.05, 0) is 12.1 Å². The molecule has 124 valence electrons. The lowest BCUT2D eigenvalue weighted by molar-refractivity contribution is -0.0170. The fourth-order valence-electron chi connectivity index (χ4n) is 2.54. The molecule has 6 nitrogen and oxygen atoms in total. The largest absolute Gasteiger partial charge is 0.378 e. The lowest BCUT2D eigenvalue weighted by atomic mass is 10.1. The minimum absolute atomic E-state index is 0.214. The first-order valence-corrected chi connectivity index (χ1v) is 7.63. The van der Waals surface area contributed by atoms with Gasteiger partial charge in [-0.25, -0.2) is 4.39 Å². The van der Waals surface area contributed by atoms with Crippen molar-refractivity contribution in [3.63, 3.8) is 0 Å². The van der Waals surface area contributed by atoms with E-state index in [4.69, 9.17) is 25.6 Å². The Morgan fingerprint density at radius 3 is 3.13 bits per heavy atom. The number of halogens is 2. The van der Waals surface area contributed by atoms with E-state index in [9.17, 15) is 4.39 Å². The molecule has 1 aliphatic rings. The summed E-state index contributed by atoms with van der Waals surface area (Å²) in [5.41, 5.74) is 0.460. The van der Waals surface area contributed by atoms with Crippen molar-refractivity contribution in [2.75, 3.05) is 26.9 Å². The third-order valence-electron chi connectivity index (χ3n) is 3.71. The molecule has 3 rings (SSSR count). The van der Waals surface area contributed by atoms with Gasteiger partial charge in [0.2, 0.25) is 0 Å². The third kappa shape index (κ3) is 3.69. The van der Waals surface area contributed by atoms with Crippen LogP contribution in [0.2, 0.25) is 5.02 Å². The van der Waals surface area contributed by atoms with Crippen LogP contribution in [0.5, 0.6) is 0 Å². The van der Waals surface area contributed by atoms with Gasteiger partial charge in [-0.2, -0.15) is 4.98 Å². The van der Waals surface area contributed by atoms with Crippen LogP contribution in [0.1, 0.15) is 23.3 Å². The maximum atomic E-state index is 14.0. The molecule has 1 fully saturated rings. The Kier molecular flexibility index (Phi) is 5.22. The van der Waals surface area contributed by atoms with E-state index in [0.29, 0.717) is 48.6 Å². The van der Waals surface area contributed by atoms with Crippen molar-refractivity contribution < 1.29 is 18.4 Å². The third-order valence-corrected chi connectivity index (χ3v) is 4.07. The number of hydrogen-bond acceptors (Lipinski definition) is 6. The molecule has 1 aliphatic heterocycles. The van der Waals surface area contributed by atoms with Crippen LogP contribution in [0.15, 0.2) is 22.7 Å². The van der Waals surface area contributed by atoms with Gasteiger partial charge in [-0.3, -0.25) is 4.90 Å². The van der Waals surface area contributed by atoms with Gasteiger partial charge in [0.1, 0.15) is 12.4 Å². The average molecular weight is 342 g/mol. The highest BCUT2D eigenvalue weighted by Crippen LogP contribution is 2.27. The molecule has 0 radical (unpaired) electrons. The van der Waals surface area contributed by atoms with Crippen LogP contribution in [0, 0.1) is 5.82 Å². The SMILES string of the molecule is COCc1nc([C@@H]2COCCN2Cc2c(F)cccc2Cl)no1. The summed E-state index contributed by atoms with van der Waals surface area (Å²) < 4.78 is 29.7. The summed E-state index contributed by atoms with van der Waals surface area (Å²) in [5, 5.41) is 4.39. The zero-order chi connectivity index (χ0) is 16.2. The average Bonchev–Trinajstić information content (AvgIpc) is 3.00. The van der Waals surface area contributed by atoms with Crippen LogP contribution in [0.4, 0.5) is 4.39 Å². The molecule has 1 atom stereocenters. The molecule has 0 aliphatic carbocycles. The zero-order valence-electron chi connectivity index (χ0n) is 12.7. The quantitative estimate of drug-likeness (QED) is 0.833. The van der Waals surface area contributed by atoms with E-state index in [1.165, 1.54) is 6.07 Å². The van der Waals surface area contributed by atoms with Crippen LogP contribution in [0.25, 0.3) is 0 Å². The van der Waals surface area contributed by atoms with E-state index in [-0.39, 0.29) is 18.5 Å². The fraction of sp³-hybridized carbons (Fsp3) is 0.467. The van der Waals surface area contributed by atoms with E-state index < -0.39 is 0 Å². The van der Waals surface area contributed by atoms with Crippen molar-refractivity contribution in [1.29, 1.82) is 0 Å². The summed E-state index contributed by atoms with van der Waals surface area (Å²) >= 11 is 6.12. The highest BCUT2D eigenvalue weighted by atomic mass is 35.5. The first-order chi connectivity index (χ1) is 11.2. The minimum Gasteiger partial charge on any atom is -0.378 e. The summed E-state index contributed by atoms with van der Waals surface area (Å²) in [5.74, 6) is 0.581. The Balaban J connectivity index is 1.81. The van der Waals surface area contributed by atoms with Gasteiger partial charge < -0.3 is 14.0 Å². The number of benzene rings is 1. The Morgan fingerprint density at radius 2 is 2.35 bits per heavy atom. The predicted octanol–water partition coefficient (Wildman–Crippen LogP) is 2.58. The minimum atomic E-state index is -0.323. The van der Waals surface area contributed by atoms with Crippen LogP contribution < -0.4 is 0 Å². The molecule has 0 spiro atoms. The molecule has 8 heteroatoms. The molecule has 0 unspecified atom stereocenters. The molecule has 2 heterocycles. The molecular weight excluding hydrogens is 325 g/mol. The monoisotopic (exact) mass is 341 g/mol. The molecule has 0 bridgehead atoms. The Hall–Kier alpha value is -1.54. The summed E-state index contributed by atoms with van der Waals surface area (Å²) in [6.07, 6.45) is 0. The second-order valence-corrected chi connectivity index (χ2v) is 5.65. The van der Waals surface area contributed by atoms with Crippen molar-refractivity contribution in [1.82, 2.24) is 15.0 Å². The van der Waals surface area contributed by atoms with Crippen molar-refractivity contribution in [3.05, 3.63) is 46.3 Å². The Labute approximate surface area is 138 Å². The smallest absolute Gasteiger partial charge is 0.252 e. The van der Waals surface area contributed by atoms with Crippen molar-refractivity contribution >= 4 is 11.6 Å². The Bertz CT molecular complexity index is 647. The first-order valence-electron chi connectivity index (χ1n) is 7.25. The van der Waals surface area contributed by atoms with E-state index in [1.54, 1.807) is 19.2 Å². The predicted molar refractivity (Wildman–Crippen MR) is 80.4 cm³/mol. The molecule has 0 saturated carbocycles. The Morgan fingerprint density at radius 1 is 1.48 bits per heavy atom. The molecule has 0 N–H and O–H groups in total. The van der Waals surface area contributed by atoms with Crippen LogP contribution in [-0.2, 0) is 22.6 Å². The second-order valence-electron chi connectivity index (χ2n) is 5.24. The number of rotatable bonds is 5. The highest BCUT2D eigenvalue weighted by Gasteiger charge is 2.30. The van der Waals surface area contributed by atoms with Crippen LogP contribution >= 0.6 is 11.6 Å². The summed E-state index contributed by atoms with van der Waals surface area (Å²) in [7, 11) is 1.56. The van der Waals surface area contributed by atoms with E-state index >= 15 is 0 Å². The molecule has 1 saturated heterocycles. The lowest BCUT2D eigenvalue weighted by Crippen LogP contribution is -2.39. The van der Waals surface area contributed by atoms with Crippen LogP contribution in [0.3, 0.4) is 0 Å². The van der Waals surface area contributed by atoms with Crippen LogP contribution in [-0.4, -0.2) is 41.9 Å². The number of hydrogen-bond donors (Lipinski definition) is 0. The van der Waals surface area contributed by atoms with E-state index in [1.807, 2.05) is 4.90 Å². The number of morpholine rings is 1. The summed E-state index contributed by atoms with van der Waals surface area (Å²) in [4.78, 5) is 6.35. The number of ether oxygens (including phenoxy) is 2. The topological polar surface area (TPSA) is 60.6 Å². The molecule has 0 amide bonds. The maximum Gasteiger partial charge on any atom is 0.252 e. The highest BCUT2D eigenvalue weighted by molar-refractivity contribution is 6.31. The van der Waals surface area contributed by atoms with Gasteiger partial charge in [-0.1, -0.05) is 22.8 Å². The van der Waals surface area contributed by atoms with Gasteiger partial charge in [0.05, 0.1) is 19.3 Å². The second kappa shape index (κ2) is 7.35. The van der Waals surface area contributed by atoms with E-state index in [0.717, 1.165) is 0 Å². The van der Waals surface area contributed by atoms with Gasteiger partial charge in [0, 0.05) is 30.8 Å². The van der Waals surface area contributed by atoms with Gasteiger partial charge in [0.15, 0.2) is 5.82 Å². The van der Waals surface area contributed by atoms with Gasteiger partial charge in [-0.15, -0.1) is 0 Å². The summed E-state index contributed by atoms with van der Waals surface area (Å²) in [6.45, 7) is 2.21. The molecule has 1 aromatic carbocycles. The summed E-state index contributed by atoms with van der Waals surface area (Å²) in [6, 6.07) is 4.46. The van der Waals surface area contributed by atoms with E-state index in [2.05, 4.69) is 10.1 Å². The zero-order valence-corrected chi connectivity index (χ0v) is 13.4. The fourth-order valence-corrected chi connectivity index (χ4v) is 2.76. The van der Waals surface area contributed by atoms with Gasteiger partial charge in [0.25, 0.3) is 5.89 Å². The normalized spacial score (nSPS) is 19.2. The lowest BCUT2D eigenvalue weighted by Gasteiger charge is -2.33. The first kappa shape index (κ1) is 16.3. The molecule has 2 aromatic rings. The maximum absolute atomic E-state index is 14.0. The molecule has 23 heavy (non-hydrogen) atoms. The standard InChI is InChI=1S/C15H17ClFN3O3/c1-21-9-14-18-15(19-23-14)13-8-22-6-5-20(13)7-10-11(16)3-2-4-12(10)17/h2-4,13H,5-9H2,1H3/t13-/m0/s1.